The molecule has 0 amide bonds. The number of nitrogens with one attached hydrogen (secondary N) is 3. The summed E-state index contributed by atoms with van der Waals surface area (Å²) in [5.41, 5.74) is 0.345. The van der Waals surface area contributed by atoms with Crippen molar-refractivity contribution >= 4 is 10.4 Å². The average Bonchev–Trinajstić information content (AvgIpc) is 2.67. The Balaban J connectivity index is 2.61. The van der Waals surface area contributed by atoms with Crippen molar-refractivity contribution in [3.8, 4) is 0 Å². The molecule has 1 aliphatic rings. The predicted octanol–water partition coefficient (Wildman–Crippen LogP) is -0.286. The van der Waals surface area contributed by atoms with E-state index in [-0.39, 0.29) is 0 Å². The van der Waals surface area contributed by atoms with Gasteiger partial charge in [0.1, 0.15) is 0 Å². The molecule has 0 aromatic heterocycles. The van der Waals surface area contributed by atoms with Gasteiger partial charge in [-0.2, -0.15) is 0 Å². The van der Waals surface area contributed by atoms with E-state index in [1.807, 2.05) is 0 Å². The Kier molecular flexibility index (Phi) is 5.09. The van der Waals surface area contributed by atoms with E-state index in [1.165, 1.54) is 25.7 Å². The van der Waals surface area contributed by atoms with E-state index >= 15 is 0 Å². The van der Waals surface area contributed by atoms with Gasteiger partial charge in [0.25, 0.3) is 0 Å². The van der Waals surface area contributed by atoms with Gasteiger partial charge in [-0.1, -0.05) is 26.7 Å². The summed E-state index contributed by atoms with van der Waals surface area (Å²) in [5, 5.41) is 7.13. The van der Waals surface area contributed by atoms with E-state index in [1.54, 1.807) is 0 Å². The van der Waals surface area contributed by atoms with Crippen LogP contribution >= 0.6 is 0 Å². The molecular formula is C10H25N3Si. The van der Waals surface area contributed by atoms with Crippen LogP contribution in [0.2, 0.25) is 0 Å². The summed E-state index contributed by atoms with van der Waals surface area (Å²) in [5.74, 6) is 0. The average molecular weight is 215 g/mol. The molecule has 0 atom stereocenters. The summed E-state index contributed by atoms with van der Waals surface area (Å²) >= 11 is 0. The Morgan fingerprint density at radius 3 is 2.00 bits per heavy atom. The third-order valence-corrected chi connectivity index (χ3v) is 4.36. The molecule has 0 aromatic carbocycles. The molecule has 0 bridgehead atoms. The lowest BCUT2D eigenvalue weighted by Crippen LogP contribution is -2.63. The molecule has 84 valence electrons. The lowest BCUT2D eigenvalue weighted by Gasteiger charge is -2.38. The predicted molar refractivity (Wildman–Crippen MR) is 65.4 cm³/mol. The van der Waals surface area contributed by atoms with Crippen molar-refractivity contribution in [3.05, 3.63) is 0 Å². The van der Waals surface area contributed by atoms with Crippen LogP contribution in [0.3, 0.4) is 0 Å². The van der Waals surface area contributed by atoms with Crippen LogP contribution in [0.15, 0.2) is 0 Å². The Morgan fingerprint density at radius 1 is 1.14 bits per heavy atom. The molecule has 0 aliphatic heterocycles. The maximum Gasteiger partial charge on any atom is 0.0757 e. The van der Waals surface area contributed by atoms with Crippen LogP contribution in [0.4, 0.5) is 0 Å². The van der Waals surface area contributed by atoms with Gasteiger partial charge in [0, 0.05) is 5.54 Å². The van der Waals surface area contributed by atoms with E-state index in [9.17, 15) is 0 Å². The zero-order valence-corrected chi connectivity index (χ0v) is 11.8. The van der Waals surface area contributed by atoms with Crippen molar-refractivity contribution in [1.29, 1.82) is 0 Å². The van der Waals surface area contributed by atoms with E-state index in [0.29, 0.717) is 11.7 Å². The summed E-state index contributed by atoms with van der Waals surface area (Å²) in [7, 11) is 1.09. The third kappa shape index (κ3) is 2.57. The Hall–Kier alpha value is 0.0969. The highest BCUT2D eigenvalue weighted by atomic mass is 28.2. The largest absolute Gasteiger partial charge is 0.338 e. The monoisotopic (exact) mass is 215 g/mol. The fourth-order valence-corrected chi connectivity index (χ4v) is 3.35. The molecule has 0 unspecified atom stereocenters. The first kappa shape index (κ1) is 12.2. The summed E-state index contributed by atoms with van der Waals surface area (Å²) in [4.78, 5) is 3.66. The van der Waals surface area contributed by atoms with Crippen molar-refractivity contribution in [3.63, 3.8) is 0 Å². The van der Waals surface area contributed by atoms with Gasteiger partial charge in [-0.15, -0.1) is 0 Å². The smallest absolute Gasteiger partial charge is 0.0757 e. The van der Waals surface area contributed by atoms with Gasteiger partial charge in [-0.05, 0) is 25.9 Å². The minimum Gasteiger partial charge on any atom is -0.338 e. The Bertz CT molecular complexity index is 151. The van der Waals surface area contributed by atoms with E-state index in [4.69, 9.17) is 0 Å². The van der Waals surface area contributed by atoms with Crippen LogP contribution < -0.4 is 15.6 Å². The highest BCUT2D eigenvalue weighted by Crippen LogP contribution is 2.31. The summed E-state index contributed by atoms with van der Waals surface area (Å²) in [6.45, 7) is 6.45. The first-order chi connectivity index (χ1) is 6.79. The standard InChI is InChI=1S/C10H25N3Si/c1-3-11-9(12-4-2)10(13-14)7-5-6-8-10/h9,11-13H,3-8H2,1-2,14H3. The molecule has 0 aromatic rings. The number of hydrogen-bond donors (Lipinski definition) is 3. The molecule has 1 aliphatic carbocycles. The molecule has 1 fully saturated rings. The molecule has 1 rings (SSSR count). The van der Waals surface area contributed by atoms with Crippen molar-refractivity contribution in [2.75, 3.05) is 13.1 Å². The van der Waals surface area contributed by atoms with Crippen LogP contribution in [0.5, 0.6) is 0 Å². The van der Waals surface area contributed by atoms with Crippen molar-refractivity contribution in [1.82, 2.24) is 15.6 Å². The first-order valence-electron chi connectivity index (χ1n) is 5.94. The second-order valence-electron chi connectivity index (χ2n) is 4.16. The lowest BCUT2D eigenvalue weighted by molar-refractivity contribution is 0.241. The van der Waals surface area contributed by atoms with Gasteiger partial charge in [0.2, 0.25) is 0 Å². The van der Waals surface area contributed by atoms with Crippen LogP contribution in [0, 0.1) is 0 Å². The first-order valence-corrected chi connectivity index (χ1v) is 6.94. The Labute approximate surface area is 90.9 Å². The zero-order valence-electron chi connectivity index (χ0n) is 9.82. The zero-order chi connectivity index (χ0) is 10.4. The van der Waals surface area contributed by atoms with Crippen LogP contribution in [-0.4, -0.2) is 35.2 Å². The van der Waals surface area contributed by atoms with Gasteiger partial charge >= 0.3 is 0 Å². The highest BCUT2D eigenvalue weighted by Gasteiger charge is 2.38. The number of likely N-dealkylation sites (N-methyl/N-ethyl adjacent to an activating group) is 2. The SMILES string of the molecule is CCNC(NCC)C1(N[SiH3])CCCC1. The van der Waals surface area contributed by atoms with Gasteiger partial charge in [-0.25, -0.2) is 0 Å². The second-order valence-corrected chi connectivity index (χ2v) is 4.66. The number of rotatable bonds is 6. The van der Waals surface area contributed by atoms with Crippen molar-refractivity contribution in [2.45, 2.75) is 51.2 Å². The lowest BCUT2D eigenvalue weighted by atomic mass is 9.94. The van der Waals surface area contributed by atoms with Gasteiger partial charge in [0.05, 0.1) is 16.6 Å². The topological polar surface area (TPSA) is 36.1 Å². The highest BCUT2D eigenvalue weighted by molar-refractivity contribution is 6.05. The van der Waals surface area contributed by atoms with E-state index in [0.717, 1.165) is 23.5 Å². The van der Waals surface area contributed by atoms with Crippen molar-refractivity contribution in [2.24, 2.45) is 0 Å². The van der Waals surface area contributed by atoms with Gasteiger partial charge < -0.3 is 15.6 Å². The summed E-state index contributed by atoms with van der Waals surface area (Å²) in [6.07, 6.45) is 5.85. The Morgan fingerprint density at radius 2 is 1.64 bits per heavy atom. The van der Waals surface area contributed by atoms with Gasteiger partial charge in [-0.3, -0.25) is 0 Å². The van der Waals surface area contributed by atoms with E-state index < -0.39 is 0 Å². The van der Waals surface area contributed by atoms with Crippen molar-refractivity contribution < 1.29 is 0 Å². The number of hydrogen-bond acceptors (Lipinski definition) is 3. The molecule has 0 saturated heterocycles. The molecule has 3 N–H and O–H groups in total. The molecule has 0 radical (unpaired) electrons. The molecule has 0 heterocycles. The molecule has 1 saturated carbocycles. The van der Waals surface area contributed by atoms with Crippen LogP contribution in [0.25, 0.3) is 0 Å². The van der Waals surface area contributed by atoms with Crippen LogP contribution in [-0.2, 0) is 0 Å². The quantitative estimate of drug-likeness (QED) is 0.421. The van der Waals surface area contributed by atoms with E-state index in [2.05, 4.69) is 29.5 Å². The molecular weight excluding hydrogens is 190 g/mol. The summed E-state index contributed by atoms with van der Waals surface area (Å²) < 4.78 is 0. The normalized spacial score (nSPS) is 20.8. The summed E-state index contributed by atoms with van der Waals surface area (Å²) in [6, 6.07) is 0. The fourth-order valence-electron chi connectivity index (χ4n) is 2.56. The molecule has 4 heteroatoms. The minimum absolute atomic E-state index is 0.345. The van der Waals surface area contributed by atoms with Gasteiger partial charge in [0.15, 0.2) is 0 Å². The van der Waals surface area contributed by atoms with Crippen LogP contribution in [0.1, 0.15) is 39.5 Å². The minimum atomic E-state index is 0.345. The molecule has 0 spiro atoms. The fraction of sp³-hybridized carbons (Fsp3) is 1.00. The maximum absolute atomic E-state index is 3.66. The maximum atomic E-state index is 3.66. The molecule has 3 nitrogen and oxygen atoms in total. The second kappa shape index (κ2) is 5.85. The molecule has 14 heavy (non-hydrogen) atoms. The third-order valence-electron chi connectivity index (χ3n) is 3.36.